The van der Waals surface area contributed by atoms with E-state index in [9.17, 15) is 14.9 Å². The molecule has 2 aromatic heterocycles. The maximum Gasteiger partial charge on any atom is 0.282 e. The Kier molecular flexibility index (Phi) is 3.17. The van der Waals surface area contributed by atoms with Crippen molar-refractivity contribution in [3.05, 3.63) is 51.8 Å². The lowest BCUT2D eigenvalue weighted by Gasteiger charge is -2.00. The summed E-state index contributed by atoms with van der Waals surface area (Å²) < 4.78 is 1.57. The first-order chi connectivity index (χ1) is 10.5. The van der Waals surface area contributed by atoms with Crippen LogP contribution in [0, 0.1) is 17.0 Å². The van der Waals surface area contributed by atoms with E-state index in [0.717, 1.165) is 11.3 Å². The molecule has 110 valence electrons. The summed E-state index contributed by atoms with van der Waals surface area (Å²) in [5.74, 6) is 0. The van der Waals surface area contributed by atoms with Crippen molar-refractivity contribution in [1.29, 1.82) is 0 Å². The van der Waals surface area contributed by atoms with E-state index in [1.165, 1.54) is 12.1 Å². The third kappa shape index (κ3) is 2.12. The number of nitro benzene ring substituents is 1. The Morgan fingerprint density at radius 1 is 1.32 bits per heavy atom. The average molecular weight is 296 g/mol. The van der Waals surface area contributed by atoms with Crippen molar-refractivity contribution in [2.45, 2.75) is 6.92 Å². The Hall–Kier alpha value is -3.09. The second-order valence-electron chi connectivity index (χ2n) is 4.96. The first-order valence-corrected chi connectivity index (χ1v) is 6.54. The highest BCUT2D eigenvalue weighted by molar-refractivity contribution is 5.99. The molecule has 0 aliphatic rings. The van der Waals surface area contributed by atoms with Gasteiger partial charge < -0.3 is 0 Å². The number of hydrogen-bond acceptors (Lipinski definition) is 5. The first-order valence-electron chi connectivity index (χ1n) is 6.54. The van der Waals surface area contributed by atoms with Crippen LogP contribution in [0.5, 0.6) is 0 Å². The van der Waals surface area contributed by atoms with E-state index in [1.807, 2.05) is 19.1 Å². The Labute approximate surface area is 125 Å². The Bertz CT molecular complexity index is 915. The van der Waals surface area contributed by atoms with Crippen LogP contribution >= 0.6 is 0 Å². The second-order valence-corrected chi connectivity index (χ2v) is 4.96. The van der Waals surface area contributed by atoms with Gasteiger partial charge in [-0.2, -0.15) is 5.10 Å². The standard InChI is InChI=1S/C15H12N4O3/c1-9-5-10(3-4-16-9)15-12-6-11(8-20)13(19(21)22)7-14(12)18(2)17-15/h3-8H,1-2H3. The van der Waals surface area contributed by atoms with Crippen molar-refractivity contribution in [3.8, 4) is 11.3 Å². The molecule has 0 fully saturated rings. The van der Waals surface area contributed by atoms with Gasteiger partial charge in [-0.05, 0) is 25.1 Å². The molecule has 0 aliphatic carbocycles. The third-order valence-corrected chi connectivity index (χ3v) is 3.49. The van der Waals surface area contributed by atoms with E-state index in [-0.39, 0.29) is 11.3 Å². The summed E-state index contributed by atoms with van der Waals surface area (Å²) in [6.07, 6.45) is 2.17. The molecule has 0 spiro atoms. The molecule has 0 saturated heterocycles. The zero-order chi connectivity index (χ0) is 15.9. The fourth-order valence-electron chi connectivity index (χ4n) is 2.47. The summed E-state index contributed by atoms with van der Waals surface area (Å²) in [5, 5.41) is 16.2. The SMILES string of the molecule is Cc1cc(-c2nn(C)c3cc([N+](=O)[O-])c(C=O)cc23)ccn1. The van der Waals surface area contributed by atoms with Gasteiger partial charge in [0.2, 0.25) is 0 Å². The Morgan fingerprint density at radius 3 is 2.73 bits per heavy atom. The third-order valence-electron chi connectivity index (χ3n) is 3.49. The normalized spacial score (nSPS) is 10.8. The van der Waals surface area contributed by atoms with Gasteiger partial charge in [0.25, 0.3) is 5.69 Å². The lowest BCUT2D eigenvalue weighted by Crippen LogP contribution is -1.96. The minimum atomic E-state index is -0.563. The van der Waals surface area contributed by atoms with E-state index in [0.29, 0.717) is 22.9 Å². The molecule has 0 radical (unpaired) electrons. The van der Waals surface area contributed by atoms with E-state index < -0.39 is 4.92 Å². The molecule has 0 unspecified atom stereocenters. The smallest absolute Gasteiger partial charge is 0.282 e. The second kappa shape index (κ2) is 5.03. The van der Waals surface area contributed by atoms with Gasteiger partial charge in [-0.15, -0.1) is 0 Å². The number of nitro groups is 1. The highest BCUT2D eigenvalue weighted by atomic mass is 16.6. The van der Waals surface area contributed by atoms with Crippen molar-refractivity contribution in [3.63, 3.8) is 0 Å². The summed E-state index contributed by atoms with van der Waals surface area (Å²) in [6.45, 7) is 1.87. The minimum absolute atomic E-state index is 0.0394. The van der Waals surface area contributed by atoms with Crippen LogP contribution in [0.15, 0.2) is 30.5 Å². The number of fused-ring (bicyclic) bond motifs is 1. The number of aryl methyl sites for hydroxylation is 2. The largest absolute Gasteiger partial charge is 0.298 e. The zero-order valence-electron chi connectivity index (χ0n) is 12.0. The molecule has 3 rings (SSSR count). The number of hydrogen-bond donors (Lipinski definition) is 0. The number of nitrogens with zero attached hydrogens (tertiary/aromatic N) is 4. The van der Waals surface area contributed by atoms with Crippen molar-refractivity contribution in [2.24, 2.45) is 7.05 Å². The predicted octanol–water partition coefficient (Wildman–Crippen LogP) is 2.66. The van der Waals surface area contributed by atoms with E-state index in [1.54, 1.807) is 17.9 Å². The van der Waals surface area contributed by atoms with Gasteiger partial charge in [-0.1, -0.05) is 0 Å². The maximum absolute atomic E-state index is 11.1. The maximum atomic E-state index is 11.1. The van der Waals surface area contributed by atoms with Crippen LogP contribution < -0.4 is 0 Å². The molecule has 7 nitrogen and oxygen atoms in total. The molecule has 0 bridgehead atoms. The topological polar surface area (TPSA) is 90.9 Å². The number of carbonyl (C=O) groups is 1. The van der Waals surface area contributed by atoms with Crippen LogP contribution in [0.4, 0.5) is 5.69 Å². The van der Waals surface area contributed by atoms with Gasteiger partial charge in [0.1, 0.15) is 5.69 Å². The number of benzene rings is 1. The lowest BCUT2D eigenvalue weighted by atomic mass is 10.0. The quantitative estimate of drug-likeness (QED) is 0.421. The number of rotatable bonds is 3. The molecular formula is C15H12N4O3. The lowest BCUT2D eigenvalue weighted by molar-refractivity contribution is -0.384. The molecule has 3 aromatic rings. The van der Waals surface area contributed by atoms with E-state index in [4.69, 9.17) is 0 Å². The van der Waals surface area contributed by atoms with Gasteiger partial charge in [0.15, 0.2) is 6.29 Å². The molecule has 1 aromatic carbocycles. The Balaban J connectivity index is 2.34. The number of pyridine rings is 1. The predicted molar refractivity (Wildman–Crippen MR) is 80.7 cm³/mol. The van der Waals surface area contributed by atoms with E-state index >= 15 is 0 Å². The monoisotopic (exact) mass is 296 g/mol. The van der Waals surface area contributed by atoms with Crippen molar-refractivity contribution < 1.29 is 9.72 Å². The summed E-state index contributed by atoms with van der Waals surface area (Å²) in [4.78, 5) is 25.8. The van der Waals surface area contributed by atoms with Crippen LogP contribution in [0.1, 0.15) is 16.1 Å². The fourth-order valence-corrected chi connectivity index (χ4v) is 2.47. The van der Waals surface area contributed by atoms with Crippen molar-refractivity contribution in [1.82, 2.24) is 14.8 Å². The number of aromatic nitrogens is 3. The molecule has 0 atom stereocenters. The van der Waals surface area contributed by atoms with Crippen LogP contribution in [-0.2, 0) is 7.05 Å². The molecule has 0 amide bonds. The van der Waals surface area contributed by atoms with Crippen LogP contribution in [0.2, 0.25) is 0 Å². The zero-order valence-corrected chi connectivity index (χ0v) is 12.0. The molecule has 0 N–H and O–H groups in total. The summed E-state index contributed by atoms with van der Waals surface area (Å²) >= 11 is 0. The highest BCUT2D eigenvalue weighted by Gasteiger charge is 2.19. The van der Waals surface area contributed by atoms with Gasteiger partial charge in [-0.3, -0.25) is 24.6 Å². The van der Waals surface area contributed by atoms with Crippen LogP contribution in [0.25, 0.3) is 22.2 Å². The summed E-state index contributed by atoms with van der Waals surface area (Å²) in [6, 6.07) is 6.59. The summed E-state index contributed by atoms with van der Waals surface area (Å²) in [7, 11) is 1.71. The van der Waals surface area contributed by atoms with Crippen molar-refractivity contribution in [2.75, 3.05) is 0 Å². The van der Waals surface area contributed by atoms with Crippen LogP contribution in [-0.4, -0.2) is 26.0 Å². The van der Waals surface area contributed by atoms with Gasteiger partial charge in [0, 0.05) is 36.0 Å². The van der Waals surface area contributed by atoms with Gasteiger partial charge >= 0.3 is 0 Å². The average Bonchev–Trinajstić information content (AvgIpc) is 2.82. The van der Waals surface area contributed by atoms with Crippen LogP contribution in [0.3, 0.4) is 0 Å². The molecule has 0 aliphatic heterocycles. The fraction of sp³-hybridized carbons (Fsp3) is 0.133. The molecule has 22 heavy (non-hydrogen) atoms. The molecule has 7 heteroatoms. The Morgan fingerprint density at radius 2 is 2.09 bits per heavy atom. The number of aldehydes is 1. The molecular weight excluding hydrogens is 284 g/mol. The van der Waals surface area contributed by atoms with Crippen molar-refractivity contribution >= 4 is 22.9 Å². The highest BCUT2D eigenvalue weighted by Crippen LogP contribution is 2.32. The van der Waals surface area contributed by atoms with Gasteiger partial charge in [-0.25, -0.2) is 0 Å². The molecule has 2 heterocycles. The summed E-state index contributed by atoms with van der Waals surface area (Å²) in [5.41, 5.74) is 2.78. The van der Waals surface area contributed by atoms with E-state index in [2.05, 4.69) is 10.1 Å². The molecule has 0 saturated carbocycles. The minimum Gasteiger partial charge on any atom is -0.298 e. The number of carbonyl (C=O) groups excluding carboxylic acids is 1. The first kappa shape index (κ1) is 13.9. The van der Waals surface area contributed by atoms with Gasteiger partial charge in [0.05, 0.1) is 16.0 Å².